The number of aromatic nitrogens is 3. The van der Waals surface area contributed by atoms with E-state index in [-0.39, 0.29) is 11.8 Å². The van der Waals surface area contributed by atoms with E-state index in [1.54, 1.807) is 33.9 Å². The Bertz CT molecular complexity index is 1060. The van der Waals surface area contributed by atoms with E-state index in [0.29, 0.717) is 44.7 Å². The fourth-order valence-electron chi connectivity index (χ4n) is 3.89. The van der Waals surface area contributed by atoms with Gasteiger partial charge in [0, 0.05) is 44.8 Å². The molecule has 0 unspecified atom stereocenters. The van der Waals surface area contributed by atoms with E-state index >= 15 is 0 Å². The van der Waals surface area contributed by atoms with Crippen molar-refractivity contribution in [1.29, 1.82) is 0 Å². The molecule has 1 amide bonds. The molecule has 4 rings (SSSR count). The van der Waals surface area contributed by atoms with Crippen LogP contribution in [0, 0.1) is 5.92 Å². The average molecular weight is 489 g/mol. The Balaban J connectivity index is 0.000000383. The number of carbonyl (C=O) groups excluding carboxylic acids is 1. The number of fused-ring (bicyclic) bond motifs is 1. The molecule has 2 saturated heterocycles. The summed E-state index contributed by atoms with van der Waals surface area (Å²) in [7, 11) is -3.36. The zero-order valence-electron chi connectivity index (χ0n) is 17.3. The second-order valence-electron chi connectivity index (χ2n) is 7.63. The number of hydrogen-bond donors (Lipinski definition) is 2. The summed E-state index contributed by atoms with van der Waals surface area (Å²) in [4.78, 5) is 27.1. The highest BCUT2D eigenvalue weighted by Gasteiger charge is 2.47. The average Bonchev–Trinajstić information content (AvgIpc) is 3.29. The fraction of sp³-hybridized carbons (Fsp3) is 0.474. The van der Waals surface area contributed by atoms with Crippen LogP contribution in [0.2, 0.25) is 0 Å². The van der Waals surface area contributed by atoms with Crippen LogP contribution in [0.15, 0.2) is 36.8 Å². The van der Waals surface area contributed by atoms with Gasteiger partial charge in [-0.3, -0.25) is 14.9 Å². The zero-order valence-corrected chi connectivity index (χ0v) is 18.1. The van der Waals surface area contributed by atoms with E-state index in [0.717, 1.165) is 5.56 Å². The number of amides is 1. The molecule has 4 heterocycles. The van der Waals surface area contributed by atoms with Crippen LogP contribution < -0.4 is 0 Å². The molecule has 180 valence electrons. The number of hydrogen-bond acceptors (Lipinski definition) is 6. The number of carboxylic acids is 1. The largest absolute Gasteiger partial charge is 0.490 e. The van der Waals surface area contributed by atoms with Gasteiger partial charge in [-0.15, -0.1) is 0 Å². The quantitative estimate of drug-likeness (QED) is 0.667. The number of nitrogens with zero attached hydrogens (tertiary/aromatic N) is 4. The monoisotopic (exact) mass is 489 g/mol. The number of carboxylic acid groups (broad SMARTS) is 1. The molecular formula is C19H22F3N5O5S. The number of sulfonamides is 1. The Labute approximate surface area is 187 Å². The fourth-order valence-corrected chi connectivity index (χ4v) is 6.11. The molecule has 0 bridgehead atoms. The number of H-pyrrole nitrogens is 1. The molecule has 14 heteroatoms. The summed E-state index contributed by atoms with van der Waals surface area (Å²) in [5, 5.41) is 13.2. The van der Waals surface area contributed by atoms with Gasteiger partial charge in [0.15, 0.2) is 0 Å². The Kier molecular flexibility index (Phi) is 7.37. The van der Waals surface area contributed by atoms with Crippen molar-refractivity contribution in [2.24, 2.45) is 5.92 Å². The van der Waals surface area contributed by atoms with Crippen LogP contribution >= 0.6 is 0 Å². The van der Waals surface area contributed by atoms with Gasteiger partial charge in [-0.05, 0) is 42.5 Å². The molecule has 0 radical (unpaired) electrons. The molecule has 10 nitrogen and oxygen atoms in total. The van der Waals surface area contributed by atoms with Crippen LogP contribution in [0.1, 0.15) is 28.9 Å². The maximum absolute atomic E-state index is 13.0. The molecule has 2 atom stereocenters. The minimum atomic E-state index is -5.08. The van der Waals surface area contributed by atoms with Gasteiger partial charge in [-0.1, -0.05) is 0 Å². The molecule has 0 spiro atoms. The molecule has 33 heavy (non-hydrogen) atoms. The summed E-state index contributed by atoms with van der Waals surface area (Å²) < 4.78 is 59.3. The van der Waals surface area contributed by atoms with Crippen molar-refractivity contribution in [3.05, 3.63) is 48.0 Å². The van der Waals surface area contributed by atoms with E-state index < -0.39 is 27.4 Å². The van der Waals surface area contributed by atoms with Crippen LogP contribution in [-0.4, -0.2) is 80.8 Å². The second kappa shape index (κ2) is 9.87. The maximum Gasteiger partial charge on any atom is 0.490 e. The van der Waals surface area contributed by atoms with Crippen molar-refractivity contribution in [1.82, 2.24) is 24.4 Å². The smallest absolute Gasteiger partial charge is 0.475 e. The van der Waals surface area contributed by atoms with Crippen molar-refractivity contribution < 1.29 is 36.3 Å². The van der Waals surface area contributed by atoms with Crippen molar-refractivity contribution in [3.63, 3.8) is 0 Å². The lowest BCUT2D eigenvalue weighted by Gasteiger charge is -2.21. The topological polar surface area (TPSA) is 137 Å². The molecular weight excluding hydrogens is 467 g/mol. The molecule has 2 aliphatic heterocycles. The van der Waals surface area contributed by atoms with Gasteiger partial charge >= 0.3 is 12.1 Å². The molecule has 0 aromatic carbocycles. The Hall–Kier alpha value is -3.00. The van der Waals surface area contributed by atoms with Crippen LogP contribution in [0.5, 0.6) is 0 Å². The third-order valence-corrected chi connectivity index (χ3v) is 7.91. The van der Waals surface area contributed by atoms with E-state index in [1.807, 2.05) is 12.1 Å². The van der Waals surface area contributed by atoms with E-state index in [1.165, 1.54) is 0 Å². The van der Waals surface area contributed by atoms with Gasteiger partial charge in [-0.2, -0.15) is 22.6 Å². The summed E-state index contributed by atoms with van der Waals surface area (Å²) in [6.07, 6.45) is 0.974. The first-order valence-electron chi connectivity index (χ1n) is 9.96. The number of halogens is 3. The first-order valence-corrected chi connectivity index (χ1v) is 11.5. The predicted molar refractivity (Wildman–Crippen MR) is 108 cm³/mol. The van der Waals surface area contributed by atoms with Crippen molar-refractivity contribution in [3.8, 4) is 0 Å². The molecule has 2 aliphatic rings. The molecule has 2 aromatic rings. The van der Waals surface area contributed by atoms with Crippen LogP contribution in [0.3, 0.4) is 0 Å². The second-order valence-corrected chi connectivity index (χ2v) is 9.79. The molecule has 2 aromatic heterocycles. The number of aliphatic carboxylic acids is 1. The summed E-state index contributed by atoms with van der Waals surface area (Å²) in [6, 6.07) is 5.32. The van der Waals surface area contributed by atoms with Crippen LogP contribution in [-0.2, 0) is 21.4 Å². The van der Waals surface area contributed by atoms with Gasteiger partial charge in [0.1, 0.15) is 5.69 Å². The zero-order chi connectivity index (χ0) is 24.2. The van der Waals surface area contributed by atoms with Crippen molar-refractivity contribution >= 4 is 21.9 Å². The number of likely N-dealkylation sites (tertiary alicyclic amines) is 1. The Morgan fingerprint density at radius 3 is 2.33 bits per heavy atom. The summed E-state index contributed by atoms with van der Waals surface area (Å²) >= 11 is 0. The molecule has 0 aliphatic carbocycles. The third-order valence-electron chi connectivity index (χ3n) is 5.53. The first kappa shape index (κ1) is 24.6. The van der Waals surface area contributed by atoms with Gasteiger partial charge in [0.25, 0.3) is 5.91 Å². The highest BCUT2D eigenvalue weighted by molar-refractivity contribution is 7.90. The molecule has 2 N–H and O–H groups in total. The van der Waals surface area contributed by atoms with Gasteiger partial charge in [-0.25, -0.2) is 13.2 Å². The number of carbonyl (C=O) groups is 2. The minimum Gasteiger partial charge on any atom is -0.475 e. The molecule has 2 fully saturated rings. The minimum absolute atomic E-state index is 0.0569. The molecule has 0 saturated carbocycles. The van der Waals surface area contributed by atoms with Crippen molar-refractivity contribution in [2.75, 3.05) is 19.6 Å². The number of pyridine rings is 1. The lowest BCUT2D eigenvalue weighted by Crippen LogP contribution is -2.34. The third kappa shape index (κ3) is 5.87. The van der Waals surface area contributed by atoms with E-state index in [4.69, 9.17) is 9.90 Å². The number of alkyl halides is 3. The van der Waals surface area contributed by atoms with Gasteiger partial charge < -0.3 is 10.0 Å². The highest BCUT2D eigenvalue weighted by atomic mass is 32.2. The van der Waals surface area contributed by atoms with E-state index in [2.05, 4.69) is 15.2 Å². The van der Waals surface area contributed by atoms with Crippen LogP contribution in [0.4, 0.5) is 13.2 Å². The number of nitrogens with one attached hydrogen (secondary N) is 1. The lowest BCUT2D eigenvalue weighted by atomic mass is 10.0. The summed E-state index contributed by atoms with van der Waals surface area (Å²) in [6.45, 7) is 1.91. The highest BCUT2D eigenvalue weighted by Crippen LogP contribution is 2.35. The van der Waals surface area contributed by atoms with Gasteiger partial charge in [0.05, 0.1) is 5.25 Å². The SMILES string of the molecule is O=C(O)C(F)(F)F.O=C(c1ccn[nH]1)N1CC[C@@H]2CN(Cc3ccncc3)S(=O)(=O)[C@@H]2CC1. The van der Waals surface area contributed by atoms with E-state index in [9.17, 15) is 26.4 Å². The number of rotatable bonds is 3. The van der Waals surface area contributed by atoms with Gasteiger partial charge in [0.2, 0.25) is 10.0 Å². The Morgan fingerprint density at radius 2 is 1.76 bits per heavy atom. The normalized spacial score (nSPS) is 22.6. The first-order chi connectivity index (χ1) is 15.5. The van der Waals surface area contributed by atoms with Crippen LogP contribution in [0.25, 0.3) is 0 Å². The lowest BCUT2D eigenvalue weighted by molar-refractivity contribution is -0.192. The number of aromatic amines is 1. The summed E-state index contributed by atoms with van der Waals surface area (Å²) in [5.41, 5.74) is 1.38. The standard InChI is InChI=1S/C17H21N5O3S.C2HF3O2/c23-17(15-3-8-19-20-15)21-9-4-14-12-22(11-13-1-6-18-7-2-13)26(24,25)16(14)5-10-21;3-2(4,5)1(6)7/h1-3,6-8,14,16H,4-5,9-12H2,(H,19,20);(H,6,7)/t14-,16-;/m1./s1. The predicted octanol–water partition coefficient (Wildman–Crippen LogP) is 1.50. The maximum atomic E-state index is 13.0. The summed E-state index contributed by atoms with van der Waals surface area (Å²) in [5.74, 6) is -2.82. The Morgan fingerprint density at radius 1 is 1.12 bits per heavy atom. The van der Waals surface area contributed by atoms with Crippen molar-refractivity contribution in [2.45, 2.75) is 30.8 Å².